The highest BCUT2D eigenvalue weighted by molar-refractivity contribution is 5.79. The Bertz CT molecular complexity index is 396. The molecule has 6 heteroatoms. The van der Waals surface area contributed by atoms with Gasteiger partial charge in [-0.1, -0.05) is 13.8 Å². The van der Waals surface area contributed by atoms with Gasteiger partial charge in [-0.3, -0.25) is 9.48 Å². The van der Waals surface area contributed by atoms with Crippen LogP contribution < -0.4 is 0 Å². The van der Waals surface area contributed by atoms with Gasteiger partial charge in [0.25, 0.3) is 0 Å². The monoisotopic (exact) mass is 248 g/mol. The maximum atomic E-state index is 12.4. The fourth-order valence-corrected chi connectivity index (χ4v) is 1.57. The van der Waals surface area contributed by atoms with Crippen molar-refractivity contribution in [2.24, 2.45) is 5.92 Å². The second kappa shape index (κ2) is 4.89. The van der Waals surface area contributed by atoms with Crippen LogP contribution >= 0.6 is 0 Å². The lowest BCUT2D eigenvalue weighted by atomic mass is 10.0. The molecule has 0 radical (unpaired) electrons. The van der Waals surface area contributed by atoms with Crippen LogP contribution in [0.15, 0.2) is 12.3 Å². The van der Waals surface area contributed by atoms with Gasteiger partial charge in [0, 0.05) is 6.20 Å². The topological polar surface area (TPSA) is 34.9 Å². The third-order valence-electron chi connectivity index (χ3n) is 2.38. The van der Waals surface area contributed by atoms with Gasteiger partial charge in [0.2, 0.25) is 0 Å². The first-order valence-electron chi connectivity index (χ1n) is 5.34. The van der Waals surface area contributed by atoms with E-state index in [9.17, 15) is 18.0 Å². The minimum atomic E-state index is -4.47. The first-order valence-corrected chi connectivity index (χ1v) is 5.34. The molecule has 0 fully saturated rings. The van der Waals surface area contributed by atoms with E-state index in [-0.39, 0.29) is 11.7 Å². The molecule has 1 heterocycles. The highest BCUT2D eigenvalue weighted by Gasteiger charge is 2.34. The molecule has 17 heavy (non-hydrogen) atoms. The highest BCUT2D eigenvalue weighted by atomic mass is 19.4. The van der Waals surface area contributed by atoms with E-state index in [4.69, 9.17) is 0 Å². The second-order valence-electron chi connectivity index (χ2n) is 4.43. The first kappa shape index (κ1) is 13.7. The number of carbonyl (C=O) groups excluding carboxylic acids is 1. The summed E-state index contributed by atoms with van der Waals surface area (Å²) in [6, 6.07) is 0.266. The third kappa shape index (κ3) is 3.57. The summed E-state index contributed by atoms with van der Waals surface area (Å²) in [6.45, 7) is 5.18. The quantitative estimate of drug-likeness (QED) is 0.820. The first-order chi connectivity index (χ1) is 7.71. The molecule has 0 bridgehead atoms. The van der Waals surface area contributed by atoms with Gasteiger partial charge in [0.1, 0.15) is 6.04 Å². The molecule has 1 atom stereocenters. The SMILES string of the molecule is CC(=O)C(CC(C)C)n1ccc(C(F)(F)F)n1. The van der Waals surface area contributed by atoms with Crippen molar-refractivity contribution >= 4 is 5.78 Å². The minimum absolute atomic E-state index is 0.185. The molecule has 0 aliphatic heterocycles. The summed E-state index contributed by atoms with van der Waals surface area (Å²) in [7, 11) is 0. The number of aromatic nitrogens is 2. The van der Waals surface area contributed by atoms with Gasteiger partial charge >= 0.3 is 6.18 Å². The number of Topliss-reactive ketones (excluding diaryl/α,β-unsaturated/α-hetero) is 1. The molecule has 96 valence electrons. The van der Waals surface area contributed by atoms with E-state index in [1.807, 2.05) is 13.8 Å². The summed E-state index contributed by atoms with van der Waals surface area (Å²) < 4.78 is 38.2. The lowest BCUT2D eigenvalue weighted by Crippen LogP contribution is -2.20. The summed E-state index contributed by atoms with van der Waals surface area (Å²) in [5.74, 6) is 0.0259. The molecule has 1 aromatic heterocycles. The van der Waals surface area contributed by atoms with Crippen molar-refractivity contribution in [1.29, 1.82) is 0 Å². The Morgan fingerprint density at radius 3 is 2.41 bits per heavy atom. The van der Waals surface area contributed by atoms with Crippen molar-refractivity contribution in [1.82, 2.24) is 9.78 Å². The fourth-order valence-electron chi connectivity index (χ4n) is 1.57. The van der Waals surface area contributed by atoms with Crippen LogP contribution in [0, 0.1) is 5.92 Å². The van der Waals surface area contributed by atoms with E-state index in [1.165, 1.54) is 13.1 Å². The summed E-state index contributed by atoms with van der Waals surface area (Å²) in [6.07, 6.45) is -2.78. The van der Waals surface area contributed by atoms with E-state index in [1.54, 1.807) is 0 Å². The molecule has 3 nitrogen and oxygen atoms in total. The van der Waals surface area contributed by atoms with Crippen LogP contribution in [-0.4, -0.2) is 15.6 Å². The summed E-state index contributed by atoms with van der Waals surface area (Å²) in [5.41, 5.74) is -0.965. The summed E-state index contributed by atoms with van der Waals surface area (Å²) in [4.78, 5) is 11.4. The number of carbonyl (C=O) groups is 1. The predicted molar refractivity (Wildman–Crippen MR) is 56.4 cm³/mol. The number of hydrogen-bond acceptors (Lipinski definition) is 2. The zero-order valence-electron chi connectivity index (χ0n) is 9.95. The van der Waals surface area contributed by atoms with E-state index in [2.05, 4.69) is 5.10 Å². The standard InChI is InChI=1S/C11H15F3N2O/c1-7(2)6-9(8(3)17)16-5-4-10(15-16)11(12,13)14/h4-5,7,9H,6H2,1-3H3. The summed E-state index contributed by atoms with van der Waals surface area (Å²) >= 11 is 0. The molecule has 0 aliphatic rings. The highest BCUT2D eigenvalue weighted by Crippen LogP contribution is 2.28. The lowest BCUT2D eigenvalue weighted by Gasteiger charge is -2.16. The molecule has 0 saturated carbocycles. The van der Waals surface area contributed by atoms with Crippen LogP contribution in [-0.2, 0) is 11.0 Å². The van der Waals surface area contributed by atoms with Gasteiger partial charge in [0.05, 0.1) is 0 Å². The van der Waals surface area contributed by atoms with E-state index < -0.39 is 17.9 Å². The van der Waals surface area contributed by atoms with Gasteiger partial charge < -0.3 is 0 Å². The van der Waals surface area contributed by atoms with Gasteiger partial charge in [0.15, 0.2) is 11.5 Å². The second-order valence-corrected chi connectivity index (χ2v) is 4.43. The maximum Gasteiger partial charge on any atom is 0.435 e. The molecular formula is C11H15F3N2O. The normalized spacial score (nSPS) is 14.1. The Kier molecular flexibility index (Phi) is 3.95. The van der Waals surface area contributed by atoms with E-state index in [0.29, 0.717) is 6.42 Å². The Morgan fingerprint density at radius 2 is 2.06 bits per heavy atom. The largest absolute Gasteiger partial charge is 0.435 e. The molecular weight excluding hydrogens is 233 g/mol. The number of halogens is 3. The van der Waals surface area contributed by atoms with Gasteiger partial charge in [-0.05, 0) is 25.3 Å². The molecule has 0 N–H and O–H groups in total. The zero-order chi connectivity index (χ0) is 13.2. The molecule has 0 saturated heterocycles. The van der Waals surface area contributed by atoms with Crippen molar-refractivity contribution in [3.8, 4) is 0 Å². The Hall–Kier alpha value is -1.33. The third-order valence-corrected chi connectivity index (χ3v) is 2.38. The number of alkyl halides is 3. The number of hydrogen-bond donors (Lipinski definition) is 0. The average molecular weight is 248 g/mol. The van der Waals surface area contributed by atoms with Crippen LogP contribution in [0.5, 0.6) is 0 Å². The number of nitrogens with zero attached hydrogens (tertiary/aromatic N) is 2. The summed E-state index contributed by atoms with van der Waals surface area (Å²) in [5, 5.41) is 3.43. The molecule has 0 spiro atoms. The van der Waals surface area contributed by atoms with Gasteiger partial charge in [-0.15, -0.1) is 0 Å². The van der Waals surface area contributed by atoms with E-state index >= 15 is 0 Å². The van der Waals surface area contributed by atoms with Crippen molar-refractivity contribution in [3.05, 3.63) is 18.0 Å². The van der Waals surface area contributed by atoms with Crippen LogP contribution in [0.1, 0.15) is 38.9 Å². The molecule has 0 aliphatic carbocycles. The van der Waals surface area contributed by atoms with Gasteiger partial charge in [-0.25, -0.2) is 0 Å². The van der Waals surface area contributed by atoms with Crippen molar-refractivity contribution in [3.63, 3.8) is 0 Å². The molecule has 0 aromatic carbocycles. The Labute approximate surface area is 97.6 Å². The van der Waals surface area contributed by atoms with Crippen molar-refractivity contribution in [2.75, 3.05) is 0 Å². The predicted octanol–water partition coefficient (Wildman–Crippen LogP) is 3.08. The van der Waals surface area contributed by atoms with Gasteiger partial charge in [-0.2, -0.15) is 18.3 Å². The van der Waals surface area contributed by atoms with Crippen LogP contribution in [0.4, 0.5) is 13.2 Å². The Balaban J connectivity index is 2.96. The van der Waals surface area contributed by atoms with Crippen molar-refractivity contribution < 1.29 is 18.0 Å². The van der Waals surface area contributed by atoms with Crippen LogP contribution in [0.25, 0.3) is 0 Å². The van der Waals surface area contributed by atoms with Crippen LogP contribution in [0.3, 0.4) is 0 Å². The maximum absolute atomic E-state index is 12.4. The molecule has 1 rings (SSSR count). The lowest BCUT2D eigenvalue weighted by molar-refractivity contribution is -0.142. The molecule has 1 unspecified atom stereocenters. The molecule has 0 amide bonds. The average Bonchev–Trinajstić information content (AvgIpc) is 2.60. The smallest absolute Gasteiger partial charge is 0.298 e. The van der Waals surface area contributed by atoms with E-state index in [0.717, 1.165) is 10.7 Å². The van der Waals surface area contributed by atoms with Crippen LogP contribution in [0.2, 0.25) is 0 Å². The molecule has 1 aromatic rings. The minimum Gasteiger partial charge on any atom is -0.298 e. The number of ketones is 1. The number of rotatable bonds is 4. The van der Waals surface area contributed by atoms with Crippen molar-refractivity contribution in [2.45, 2.75) is 39.4 Å². The fraction of sp³-hybridized carbons (Fsp3) is 0.636. The zero-order valence-corrected chi connectivity index (χ0v) is 9.95. The Morgan fingerprint density at radius 1 is 1.47 bits per heavy atom.